The highest BCUT2D eigenvalue weighted by Gasteiger charge is 2.32. The number of aliphatic hydroxyl groups is 1. The van der Waals surface area contributed by atoms with Crippen LogP contribution in [0.4, 0.5) is 0 Å². The number of hydrogen-bond donors (Lipinski definition) is 2. The zero-order chi connectivity index (χ0) is 29.6. The maximum Gasteiger partial charge on any atom is 0.303 e. The fourth-order valence-electron chi connectivity index (χ4n) is 6.76. The first kappa shape index (κ1) is 28.6. The van der Waals surface area contributed by atoms with Gasteiger partial charge >= 0.3 is 10.2 Å². The molecule has 2 N–H and O–H groups in total. The Bertz CT molecular complexity index is 1680. The number of aromatic nitrogens is 1. The number of likely N-dealkylation sites (tertiary alicyclic amines) is 1. The van der Waals surface area contributed by atoms with Crippen LogP contribution in [-0.4, -0.2) is 72.4 Å². The van der Waals surface area contributed by atoms with Crippen LogP contribution >= 0.6 is 0 Å². The fraction of sp³-hybridized carbons (Fsp3) is 0.438. The van der Waals surface area contributed by atoms with Crippen LogP contribution in [0.25, 0.3) is 28.2 Å². The van der Waals surface area contributed by atoms with E-state index >= 15 is 0 Å². The zero-order valence-electron chi connectivity index (χ0n) is 24.2. The van der Waals surface area contributed by atoms with Crippen LogP contribution in [-0.2, 0) is 21.5 Å². The summed E-state index contributed by atoms with van der Waals surface area (Å²) in [7, 11) is -1.23. The molecule has 2 aromatic carbocycles. The molecule has 10 heteroatoms. The Balaban J connectivity index is 1.53. The number of benzene rings is 2. The number of hydrogen-bond acceptors (Lipinski definition) is 5. The molecule has 1 saturated heterocycles. The quantitative estimate of drug-likeness (QED) is 0.461. The van der Waals surface area contributed by atoms with Gasteiger partial charge in [0.15, 0.2) is 0 Å². The van der Waals surface area contributed by atoms with Gasteiger partial charge in [0.2, 0.25) is 0 Å². The first-order valence-electron chi connectivity index (χ1n) is 14.8. The van der Waals surface area contributed by atoms with Crippen molar-refractivity contribution in [2.45, 2.75) is 63.5 Å². The molecule has 3 aliphatic rings. The lowest BCUT2D eigenvalue weighted by Gasteiger charge is -2.31. The highest BCUT2D eigenvalue weighted by molar-refractivity contribution is 7.87. The Morgan fingerprint density at radius 2 is 1.76 bits per heavy atom. The van der Waals surface area contributed by atoms with Gasteiger partial charge < -0.3 is 14.6 Å². The number of nitrogens with one attached hydrogen (secondary N) is 1. The minimum atomic E-state index is -3.96. The van der Waals surface area contributed by atoms with Crippen molar-refractivity contribution in [2.75, 3.05) is 27.2 Å². The topological polar surface area (TPSA) is 112 Å². The highest BCUT2D eigenvalue weighted by Crippen LogP contribution is 2.46. The second-order valence-electron chi connectivity index (χ2n) is 11.9. The monoisotopic (exact) mass is 590 g/mol. The summed E-state index contributed by atoms with van der Waals surface area (Å²) >= 11 is 0. The first-order chi connectivity index (χ1) is 20.1. The van der Waals surface area contributed by atoms with Gasteiger partial charge in [-0.15, -0.1) is 0 Å². The van der Waals surface area contributed by atoms with Crippen LogP contribution in [0.2, 0.25) is 0 Å². The van der Waals surface area contributed by atoms with Crippen LogP contribution in [0.1, 0.15) is 72.3 Å². The maximum absolute atomic E-state index is 13.9. The average Bonchev–Trinajstić information content (AvgIpc) is 3.19. The smallest absolute Gasteiger partial charge is 0.303 e. The van der Waals surface area contributed by atoms with Crippen molar-refractivity contribution in [3.63, 3.8) is 0 Å². The minimum Gasteiger partial charge on any atom is -0.391 e. The number of rotatable bonds is 5. The molecule has 1 unspecified atom stereocenters. The molecule has 42 heavy (non-hydrogen) atoms. The van der Waals surface area contributed by atoms with Crippen molar-refractivity contribution in [3.05, 3.63) is 64.7 Å². The molecule has 0 radical (unpaired) electrons. The predicted octanol–water partition coefficient (Wildman–Crippen LogP) is 4.27. The second-order valence-corrected chi connectivity index (χ2v) is 13.8. The molecular formula is C32H38N4O5S. The van der Waals surface area contributed by atoms with Crippen molar-refractivity contribution < 1.29 is 23.1 Å². The van der Waals surface area contributed by atoms with Crippen molar-refractivity contribution in [3.8, 4) is 11.3 Å². The van der Waals surface area contributed by atoms with E-state index in [1.165, 1.54) is 26.1 Å². The number of amides is 2. The summed E-state index contributed by atoms with van der Waals surface area (Å²) in [5, 5.41) is 11.3. The largest absolute Gasteiger partial charge is 0.391 e. The van der Waals surface area contributed by atoms with E-state index in [2.05, 4.69) is 15.4 Å². The Morgan fingerprint density at radius 1 is 1.00 bits per heavy atom. The number of carbonyl (C=O) groups excluding carboxylic acids is 2. The second kappa shape index (κ2) is 11.3. The number of aliphatic hydroxyl groups excluding tert-OH is 1. The number of carbonyl (C=O) groups is 2. The molecular weight excluding hydrogens is 552 g/mol. The van der Waals surface area contributed by atoms with Gasteiger partial charge in [-0.25, -0.2) is 4.72 Å². The fourth-order valence-corrected chi connectivity index (χ4v) is 7.29. The number of nitrogens with zero attached hydrogens (tertiary/aromatic N) is 3. The molecule has 0 spiro atoms. The summed E-state index contributed by atoms with van der Waals surface area (Å²) in [4.78, 5) is 28.8. The molecule has 2 fully saturated rings. The molecule has 1 atom stereocenters. The van der Waals surface area contributed by atoms with E-state index in [4.69, 9.17) is 0 Å². The van der Waals surface area contributed by atoms with E-state index in [1.807, 2.05) is 30.3 Å². The van der Waals surface area contributed by atoms with Crippen LogP contribution in [0.5, 0.6) is 0 Å². The molecule has 2 amide bonds. The Labute approximate surface area is 247 Å². The molecule has 6 rings (SSSR count). The number of β-amino-alcohol motifs (C(OH)–C–C–N with tert-alkyl or cyclic N) is 1. The first-order valence-corrected chi connectivity index (χ1v) is 16.3. The lowest BCUT2D eigenvalue weighted by Crippen LogP contribution is -2.43. The minimum absolute atomic E-state index is 0.0940. The van der Waals surface area contributed by atoms with Gasteiger partial charge in [0.1, 0.15) is 0 Å². The van der Waals surface area contributed by atoms with Crippen molar-refractivity contribution in [2.24, 2.45) is 0 Å². The summed E-state index contributed by atoms with van der Waals surface area (Å²) in [6.45, 7) is 1.22. The summed E-state index contributed by atoms with van der Waals surface area (Å²) in [5.41, 5.74) is 5.95. The molecule has 1 saturated carbocycles. The molecule has 3 aromatic rings. The number of piperidine rings is 1. The number of fused-ring (bicyclic) bond motifs is 5. The maximum atomic E-state index is 13.9. The third-order valence-corrected chi connectivity index (χ3v) is 10.3. The van der Waals surface area contributed by atoms with E-state index in [1.54, 1.807) is 17.0 Å². The van der Waals surface area contributed by atoms with Gasteiger partial charge in [0, 0.05) is 54.8 Å². The van der Waals surface area contributed by atoms with Crippen LogP contribution in [0.15, 0.2) is 48.0 Å². The van der Waals surface area contributed by atoms with Gasteiger partial charge in [-0.05, 0) is 60.9 Å². The predicted molar refractivity (Wildman–Crippen MR) is 163 cm³/mol. The third-order valence-electron chi connectivity index (χ3n) is 8.91. The molecule has 1 aliphatic carbocycles. The summed E-state index contributed by atoms with van der Waals surface area (Å²) in [6.07, 6.45) is 8.57. The van der Waals surface area contributed by atoms with Gasteiger partial charge in [-0.2, -0.15) is 12.7 Å². The van der Waals surface area contributed by atoms with Gasteiger partial charge in [-0.1, -0.05) is 49.6 Å². The van der Waals surface area contributed by atoms with Crippen LogP contribution in [0, 0.1) is 0 Å². The summed E-state index contributed by atoms with van der Waals surface area (Å²) in [5.74, 6) is -0.458. The van der Waals surface area contributed by atoms with Crippen molar-refractivity contribution in [1.82, 2.24) is 18.5 Å². The molecule has 1 aromatic heterocycles. The van der Waals surface area contributed by atoms with Crippen LogP contribution in [0.3, 0.4) is 0 Å². The van der Waals surface area contributed by atoms with Gasteiger partial charge in [0.05, 0.1) is 18.3 Å². The molecule has 2 aliphatic heterocycles. The summed E-state index contributed by atoms with van der Waals surface area (Å²) in [6, 6.07) is 13.5. The molecule has 0 bridgehead atoms. The van der Waals surface area contributed by atoms with Gasteiger partial charge in [-0.3, -0.25) is 9.59 Å². The average molecular weight is 591 g/mol. The Kier molecular flexibility index (Phi) is 7.72. The zero-order valence-corrected chi connectivity index (χ0v) is 25.0. The van der Waals surface area contributed by atoms with E-state index < -0.39 is 22.2 Å². The molecule has 3 heterocycles. The third kappa shape index (κ3) is 5.27. The van der Waals surface area contributed by atoms with Crippen molar-refractivity contribution >= 4 is 39.0 Å². The van der Waals surface area contributed by atoms with Crippen molar-refractivity contribution in [1.29, 1.82) is 0 Å². The Hall–Kier alpha value is -3.47. The van der Waals surface area contributed by atoms with E-state index in [-0.39, 0.29) is 11.5 Å². The Morgan fingerprint density at radius 3 is 2.50 bits per heavy atom. The lowest BCUT2D eigenvalue weighted by atomic mass is 9.81. The lowest BCUT2D eigenvalue weighted by molar-refractivity contribution is -0.130. The van der Waals surface area contributed by atoms with Gasteiger partial charge in [0.25, 0.3) is 11.8 Å². The van der Waals surface area contributed by atoms with E-state index in [0.717, 1.165) is 64.1 Å². The molecule has 222 valence electrons. The standard InChI is InChI=1S/C32H38N4O5S/c1-34(2)42(40,41)33-31(38)23-14-15-27-28(18-23)36-19-24(32(39)35-16-8-12-25(37)20-35)17-22-11-6-7-13-26(22)30(36)29(27)21-9-4-3-5-10-21/h6-7,11,13-15,17-18,21,25,37H,3-5,8-10,12,16,19-20H2,1-2H3,(H,33,38). The highest BCUT2D eigenvalue weighted by atomic mass is 32.2. The normalized spacial score (nSPS) is 19.7. The molecule has 9 nitrogen and oxygen atoms in total. The van der Waals surface area contributed by atoms with E-state index in [0.29, 0.717) is 37.5 Å². The van der Waals surface area contributed by atoms with Crippen LogP contribution < -0.4 is 4.72 Å². The van der Waals surface area contributed by atoms with E-state index in [9.17, 15) is 23.1 Å². The SMILES string of the molecule is CN(C)S(=O)(=O)NC(=O)c1ccc2c(C3CCCCC3)c3n(c2c1)CC(C(=O)N1CCCC(O)C1)=Cc1ccccc1-3. The summed E-state index contributed by atoms with van der Waals surface area (Å²) < 4.78 is 30.1.